The first-order valence-electron chi connectivity index (χ1n) is 11.9. The Hall–Kier alpha value is -2.82. The largest absolute Gasteiger partial charge is 0.510 e. The van der Waals surface area contributed by atoms with Crippen LogP contribution in [0.3, 0.4) is 0 Å². The number of phenolic OH excluding ortho intramolecular Hbond substituents is 1. The minimum Gasteiger partial charge on any atom is -0.510 e. The molecular formula is C25H29Br2N3O10. The van der Waals surface area contributed by atoms with Gasteiger partial charge in [0.05, 0.1) is 35.9 Å². The van der Waals surface area contributed by atoms with Crippen molar-refractivity contribution < 1.29 is 49.8 Å². The van der Waals surface area contributed by atoms with E-state index in [0.29, 0.717) is 0 Å². The Bertz CT molecular complexity index is 1380. The lowest BCUT2D eigenvalue weighted by Gasteiger charge is -2.53. The van der Waals surface area contributed by atoms with Gasteiger partial charge in [0.1, 0.15) is 21.9 Å². The number of carbonyl (C=O) groups is 4. The number of aromatic hydroxyl groups is 1. The number of Topliss-reactive ketones (excluding diaryl/α,β-unsaturated/α-hetero) is 2. The summed E-state index contributed by atoms with van der Waals surface area (Å²) < 4.78 is 0. The molecule has 6 unspecified atom stereocenters. The average Bonchev–Trinajstić information content (AvgIpc) is 2.86. The zero-order valence-electron chi connectivity index (χ0n) is 21.5. The molecule has 0 aromatic heterocycles. The van der Waals surface area contributed by atoms with Crippen molar-refractivity contribution >= 4 is 62.0 Å². The van der Waals surface area contributed by atoms with E-state index in [9.17, 15) is 49.8 Å². The van der Waals surface area contributed by atoms with Gasteiger partial charge in [-0.3, -0.25) is 24.1 Å². The van der Waals surface area contributed by atoms with E-state index in [4.69, 9.17) is 5.73 Å². The van der Waals surface area contributed by atoms with Crippen molar-refractivity contribution in [3.8, 4) is 5.75 Å². The van der Waals surface area contributed by atoms with Gasteiger partial charge >= 0.3 is 0 Å². The van der Waals surface area contributed by atoms with E-state index in [1.807, 2.05) is 0 Å². The van der Waals surface area contributed by atoms with Crippen LogP contribution in [0.15, 0.2) is 34.8 Å². The number of aliphatic hydroxyl groups excluding tert-OH is 4. The first-order valence-corrected chi connectivity index (χ1v) is 12.8. The lowest BCUT2D eigenvalue weighted by atomic mass is 9.55. The molecule has 0 spiro atoms. The predicted molar refractivity (Wildman–Crippen MR) is 149 cm³/mol. The summed E-state index contributed by atoms with van der Waals surface area (Å²) in [6, 6.07) is 1.41. The molecule has 40 heavy (non-hydrogen) atoms. The van der Waals surface area contributed by atoms with Crippen molar-refractivity contribution in [2.24, 2.45) is 17.6 Å². The molecule has 3 aliphatic rings. The van der Waals surface area contributed by atoms with Gasteiger partial charge in [-0.05, 0) is 31.6 Å². The Morgan fingerprint density at radius 2 is 1.80 bits per heavy atom. The van der Waals surface area contributed by atoms with E-state index < -0.39 is 98.7 Å². The number of fused-ring (bicyclic) bond motifs is 3. The molecule has 7 atom stereocenters. The fourth-order valence-electron chi connectivity index (χ4n) is 6.02. The van der Waals surface area contributed by atoms with Gasteiger partial charge in [-0.15, -0.1) is 17.0 Å². The number of amides is 2. The molecule has 0 heterocycles. The summed E-state index contributed by atoms with van der Waals surface area (Å²) in [4.78, 5) is 51.8. The third-order valence-corrected chi connectivity index (χ3v) is 8.54. The van der Waals surface area contributed by atoms with E-state index in [2.05, 4.69) is 21.2 Å². The molecule has 0 fully saturated rings. The lowest BCUT2D eigenvalue weighted by molar-refractivity contribution is -0.162. The molecule has 9 N–H and O–H groups in total. The molecule has 2 amide bonds. The summed E-state index contributed by atoms with van der Waals surface area (Å²) in [6.45, 7) is 1.04. The number of nitrogens with two attached hydrogens (primary N) is 1. The Morgan fingerprint density at radius 1 is 1.20 bits per heavy atom. The third-order valence-electron chi connectivity index (χ3n) is 7.83. The molecule has 1 aromatic rings. The van der Waals surface area contributed by atoms with Gasteiger partial charge < -0.3 is 41.7 Å². The number of hydrogen-bond donors (Lipinski definition) is 8. The maximum atomic E-state index is 13.8. The number of aliphatic hydroxyl groups is 5. The zero-order chi connectivity index (χ0) is 29.3. The van der Waals surface area contributed by atoms with Gasteiger partial charge in [-0.25, -0.2) is 0 Å². The number of rotatable bonds is 5. The Morgan fingerprint density at radius 3 is 2.33 bits per heavy atom. The number of alkyl halides is 1. The van der Waals surface area contributed by atoms with Crippen LogP contribution in [-0.2, 0) is 14.4 Å². The highest BCUT2D eigenvalue weighted by Gasteiger charge is 2.67. The molecule has 0 aliphatic heterocycles. The topological polar surface area (TPSA) is 231 Å². The van der Waals surface area contributed by atoms with Crippen molar-refractivity contribution in [1.29, 1.82) is 0 Å². The number of ketones is 2. The van der Waals surface area contributed by atoms with Crippen molar-refractivity contribution in [1.82, 2.24) is 4.90 Å². The Labute approximate surface area is 246 Å². The fraction of sp³-hybridized carbons (Fsp3) is 0.440. The molecule has 3 aliphatic carbocycles. The molecule has 0 saturated heterocycles. The number of hydrogen-bond acceptors (Lipinski definition) is 11. The van der Waals surface area contributed by atoms with E-state index in [-0.39, 0.29) is 33.8 Å². The van der Waals surface area contributed by atoms with Crippen LogP contribution in [-0.4, -0.2) is 102 Å². The van der Waals surface area contributed by atoms with Gasteiger partial charge in [-0.1, -0.05) is 28.9 Å². The number of halogens is 2. The predicted octanol–water partition coefficient (Wildman–Crippen LogP) is -0.0754. The number of phenols is 1. The van der Waals surface area contributed by atoms with E-state index in [1.54, 1.807) is 6.92 Å². The summed E-state index contributed by atoms with van der Waals surface area (Å²) in [7, 11) is 2.90. The number of carbonyl (C=O) groups excluding carboxylic acids is 4. The fourth-order valence-corrected chi connectivity index (χ4v) is 6.13. The van der Waals surface area contributed by atoms with Crippen LogP contribution in [0.1, 0.15) is 28.8 Å². The van der Waals surface area contributed by atoms with Crippen LogP contribution in [0.25, 0.3) is 0 Å². The van der Waals surface area contributed by atoms with Crippen molar-refractivity contribution in [2.75, 3.05) is 26.0 Å². The van der Waals surface area contributed by atoms with Gasteiger partial charge in [0, 0.05) is 11.5 Å². The van der Waals surface area contributed by atoms with Crippen LogP contribution in [0.4, 0.5) is 5.69 Å². The Kier molecular flexibility index (Phi) is 8.62. The highest BCUT2D eigenvalue weighted by molar-refractivity contribution is 9.10. The summed E-state index contributed by atoms with van der Waals surface area (Å²) >= 11 is 2.96. The number of nitrogens with zero attached hydrogens (tertiary/aromatic N) is 1. The maximum Gasteiger partial charge on any atom is 0.255 e. The van der Waals surface area contributed by atoms with Gasteiger partial charge in [0.15, 0.2) is 17.1 Å². The van der Waals surface area contributed by atoms with Crippen LogP contribution in [0, 0.1) is 11.8 Å². The molecule has 13 nitrogen and oxygen atoms in total. The van der Waals surface area contributed by atoms with Crippen LogP contribution in [0.5, 0.6) is 5.75 Å². The third kappa shape index (κ3) is 4.26. The number of likely N-dealkylation sites (N-methyl/N-ethyl adjacent to an activating group) is 1. The maximum absolute atomic E-state index is 13.8. The standard InChI is InChI=1S/C25H28BrN3O10.BrH/c1-7-8-4-5-10(28-24(38)9(26)6-30)17(31)12(8)18(32)13-11(7)19(33)15-16(29(2)3)20(34)14(23(27)37)22(36)25(15,39)21(13)35;/h4-5,7,9,11,15-16,19,30-31,33-35,39H,6H2,1-3H3,(H2,27,37)(H,28,38);1H/t7?,9?,11?,15?,16-,19?,25?;/m0./s1. The lowest BCUT2D eigenvalue weighted by Crippen LogP contribution is -2.68. The summed E-state index contributed by atoms with van der Waals surface area (Å²) in [6.07, 6.45) is -1.71. The molecule has 15 heteroatoms. The smallest absolute Gasteiger partial charge is 0.255 e. The molecule has 0 bridgehead atoms. The quantitative estimate of drug-likeness (QED) is 0.116. The first-order chi connectivity index (χ1) is 18.1. The SMILES string of the molecule is Br.CC1c2ccc(NC(=O)C(Br)CO)c(O)c2C(=O)C2=C(O)C3(O)C(=O)C(C(N)=O)=C(O)[C@@H](N(C)C)C3C(O)C21. The Balaban J connectivity index is 0.00000441. The minimum atomic E-state index is -3.02. The molecule has 218 valence electrons. The molecule has 4 rings (SSSR count). The van der Waals surface area contributed by atoms with Crippen molar-refractivity contribution in [2.45, 2.75) is 35.4 Å². The van der Waals surface area contributed by atoms with Gasteiger partial charge in [-0.2, -0.15) is 0 Å². The second-order valence-corrected chi connectivity index (χ2v) is 11.2. The number of anilines is 1. The summed E-state index contributed by atoms with van der Waals surface area (Å²) in [5.41, 5.74) is 0.455. The number of primary amides is 1. The minimum absolute atomic E-state index is 0. The monoisotopic (exact) mass is 689 g/mol. The average molecular weight is 691 g/mol. The van der Waals surface area contributed by atoms with Gasteiger partial charge in [0.25, 0.3) is 5.91 Å². The van der Waals surface area contributed by atoms with E-state index in [0.717, 1.165) is 0 Å². The van der Waals surface area contributed by atoms with E-state index >= 15 is 0 Å². The van der Waals surface area contributed by atoms with Crippen molar-refractivity contribution in [3.63, 3.8) is 0 Å². The summed E-state index contributed by atoms with van der Waals surface area (Å²) in [5.74, 6) is -10.8. The molecule has 0 radical (unpaired) electrons. The van der Waals surface area contributed by atoms with E-state index in [1.165, 1.54) is 31.1 Å². The van der Waals surface area contributed by atoms with Crippen molar-refractivity contribution in [3.05, 3.63) is 45.9 Å². The molecule has 0 saturated carbocycles. The van der Waals surface area contributed by atoms with Crippen LogP contribution >= 0.6 is 32.9 Å². The second-order valence-electron chi connectivity index (χ2n) is 10.1. The number of benzene rings is 1. The zero-order valence-corrected chi connectivity index (χ0v) is 24.8. The first kappa shape index (κ1) is 31.7. The number of nitrogens with one attached hydrogen (secondary N) is 1. The highest BCUT2D eigenvalue weighted by Crippen LogP contribution is 2.56. The van der Waals surface area contributed by atoms with Gasteiger partial charge in [0.2, 0.25) is 11.7 Å². The van der Waals surface area contributed by atoms with Crippen LogP contribution < -0.4 is 11.1 Å². The summed E-state index contributed by atoms with van der Waals surface area (Å²) in [5, 5.41) is 67.9. The molecular weight excluding hydrogens is 662 g/mol. The molecule has 1 aromatic carbocycles. The highest BCUT2D eigenvalue weighted by atomic mass is 79.9. The normalized spacial score (nSPS) is 30.2. The second kappa shape index (κ2) is 10.9. The van der Waals surface area contributed by atoms with Crippen LogP contribution in [0.2, 0.25) is 0 Å².